The molecule has 1 nitrogen and oxygen atoms in total. The first-order valence-corrected chi connectivity index (χ1v) is 18.9. The van der Waals surface area contributed by atoms with Gasteiger partial charge in [0.2, 0.25) is 0 Å². The van der Waals surface area contributed by atoms with Crippen molar-refractivity contribution in [2.45, 2.75) is 40.6 Å². The van der Waals surface area contributed by atoms with Gasteiger partial charge < -0.3 is 4.90 Å². The van der Waals surface area contributed by atoms with Crippen LogP contribution in [0.15, 0.2) is 173 Å². The highest BCUT2D eigenvalue weighted by atomic mass is 32.3. The Kier molecular flexibility index (Phi) is 7.02. The largest absolute Gasteiger partial charge is 0.340 e. The van der Waals surface area contributed by atoms with Crippen LogP contribution >= 0.6 is 10.0 Å². The first kappa shape index (κ1) is 29.1. The summed E-state index contributed by atoms with van der Waals surface area (Å²) >= 11 is 0. The Morgan fingerprint density at radius 2 is 1.02 bits per heavy atom. The molecule has 0 amide bonds. The normalized spacial score (nSPS) is 18.2. The van der Waals surface area contributed by atoms with Gasteiger partial charge >= 0.3 is 0 Å². The molecule has 0 bridgehead atoms. The van der Waals surface area contributed by atoms with Gasteiger partial charge in [0.25, 0.3) is 0 Å². The maximum Gasteiger partial charge on any atom is 0.0487 e. The van der Waals surface area contributed by atoms with E-state index in [9.17, 15) is 0 Å². The van der Waals surface area contributed by atoms with E-state index in [4.69, 9.17) is 0 Å². The Balaban J connectivity index is 1.32. The predicted molar refractivity (Wildman–Crippen MR) is 205 cm³/mol. The van der Waals surface area contributed by atoms with Gasteiger partial charge in [0.05, 0.1) is 0 Å². The lowest BCUT2D eigenvalue weighted by Crippen LogP contribution is -2.20. The van der Waals surface area contributed by atoms with E-state index in [1.165, 1.54) is 71.3 Å². The molecule has 2 unspecified atom stereocenters. The van der Waals surface area contributed by atoms with Crippen LogP contribution in [0.5, 0.6) is 0 Å². The summed E-state index contributed by atoms with van der Waals surface area (Å²) in [6.45, 7) is 5.80. The summed E-state index contributed by atoms with van der Waals surface area (Å²) < 4.78 is 0. The van der Waals surface area contributed by atoms with Crippen LogP contribution in [0.2, 0.25) is 0 Å². The van der Waals surface area contributed by atoms with E-state index in [2.05, 4.69) is 183 Å². The highest BCUT2D eigenvalue weighted by Gasteiger charge is 2.50. The maximum atomic E-state index is 2.56. The Hall–Kier alpha value is -5.05. The van der Waals surface area contributed by atoms with E-state index < -0.39 is 10.0 Å². The molecular weight excluding hydrogens is 599 g/mol. The fourth-order valence-corrected chi connectivity index (χ4v) is 14.2. The van der Waals surface area contributed by atoms with Crippen molar-refractivity contribution in [3.8, 4) is 11.1 Å². The number of hydrogen-bond acceptors (Lipinski definition) is 1. The molecule has 0 fully saturated rings. The molecule has 2 heteroatoms. The second kappa shape index (κ2) is 11.6. The minimum atomic E-state index is -1.79. The van der Waals surface area contributed by atoms with Gasteiger partial charge in [-0.05, 0) is 99.8 Å². The smallest absolute Gasteiger partial charge is 0.0487 e. The Labute approximate surface area is 286 Å². The zero-order chi connectivity index (χ0) is 32.2. The van der Waals surface area contributed by atoms with E-state index in [0.717, 1.165) is 13.0 Å². The highest BCUT2D eigenvalue weighted by Crippen LogP contribution is 2.83. The van der Waals surface area contributed by atoms with Gasteiger partial charge in [0.15, 0.2) is 0 Å². The molecular formula is C46H39NS. The Bertz CT molecular complexity index is 2170. The van der Waals surface area contributed by atoms with Crippen molar-refractivity contribution in [2.24, 2.45) is 0 Å². The van der Waals surface area contributed by atoms with Crippen LogP contribution in [-0.2, 0) is 6.42 Å². The molecule has 6 aromatic rings. The second-order valence-electron chi connectivity index (χ2n) is 13.4. The highest BCUT2D eigenvalue weighted by molar-refractivity contribution is 8.34. The quantitative estimate of drug-likeness (QED) is 0.176. The molecule has 1 aliphatic heterocycles. The molecule has 48 heavy (non-hydrogen) atoms. The van der Waals surface area contributed by atoms with Gasteiger partial charge in [-0.15, -0.1) is 0 Å². The van der Waals surface area contributed by atoms with Crippen molar-refractivity contribution in [3.63, 3.8) is 0 Å². The zero-order valence-corrected chi connectivity index (χ0v) is 28.3. The van der Waals surface area contributed by atoms with Gasteiger partial charge in [0, 0.05) is 34.0 Å². The number of para-hydroxylation sites is 1. The minimum Gasteiger partial charge on any atom is -0.340 e. The van der Waals surface area contributed by atoms with Crippen molar-refractivity contribution < 1.29 is 0 Å². The average molecular weight is 638 g/mol. The minimum absolute atomic E-state index is 0.217. The van der Waals surface area contributed by atoms with E-state index in [0.29, 0.717) is 0 Å². The third-order valence-corrected chi connectivity index (χ3v) is 15.5. The molecule has 3 aliphatic rings. The molecule has 6 aromatic carbocycles. The molecule has 0 saturated carbocycles. The van der Waals surface area contributed by atoms with Crippen molar-refractivity contribution >= 4 is 33.6 Å². The lowest BCUT2D eigenvalue weighted by molar-refractivity contribution is 0.992. The lowest BCUT2D eigenvalue weighted by atomic mass is 9.97. The van der Waals surface area contributed by atoms with Crippen molar-refractivity contribution in [1.82, 2.24) is 0 Å². The van der Waals surface area contributed by atoms with Crippen molar-refractivity contribution in [3.05, 3.63) is 191 Å². The molecule has 9 rings (SSSR count). The van der Waals surface area contributed by atoms with Crippen LogP contribution in [0.25, 0.3) is 23.3 Å². The molecule has 0 N–H and O–H groups in total. The molecule has 0 radical (unpaired) electrons. The summed E-state index contributed by atoms with van der Waals surface area (Å²) in [6, 6.07) is 57.0. The molecule has 1 heterocycles. The lowest BCUT2D eigenvalue weighted by Gasteiger charge is -2.52. The average Bonchev–Trinajstić information content (AvgIpc) is 3.83. The summed E-state index contributed by atoms with van der Waals surface area (Å²) in [6.07, 6.45) is 6.11. The van der Waals surface area contributed by atoms with Crippen molar-refractivity contribution in [1.29, 1.82) is 0 Å². The Morgan fingerprint density at radius 3 is 1.69 bits per heavy atom. The van der Waals surface area contributed by atoms with E-state index in [1.807, 2.05) is 0 Å². The number of anilines is 2. The molecule has 234 valence electrons. The SMILES string of the molecule is CC1=Cc2c(-c3ccccc3)cccc2C1S(c1ccccc1)(c1ccccc1)C1C(C)=Cc2c1cccc2N1CCc2ccccc21. The summed E-state index contributed by atoms with van der Waals surface area (Å²) in [5.41, 5.74) is 15.3. The molecule has 2 atom stereocenters. The monoisotopic (exact) mass is 637 g/mol. The van der Waals surface area contributed by atoms with E-state index in [-0.39, 0.29) is 10.5 Å². The third kappa shape index (κ3) is 4.32. The number of benzene rings is 6. The van der Waals surface area contributed by atoms with Crippen LogP contribution in [-0.4, -0.2) is 6.54 Å². The number of nitrogens with zero attached hydrogens (tertiary/aromatic N) is 1. The topological polar surface area (TPSA) is 3.24 Å². The maximum absolute atomic E-state index is 2.56. The van der Waals surface area contributed by atoms with Gasteiger partial charge in [-0.25, -0.2) is 0 Å². The van der Waals surface area contributed by atoms with Crippen LogP contribution in [0.1, 0.15) is 52.2 Å². The first-order chi connectivity index (χ1) is 23.7. The Morgan fingerprint density at radius 1 is 0.500 bits per heavy atom. The van der Waals surface area contributed by atoms with Crippen LogP contribution in [0, 0.1) is 0 Å². The summed E-state index contributed by atoms with van der Waals surface area (Å²) in [4.78, 5) is 5.44. The van der Waals surface area contributed by atoms with E-state index in [1.54, 1.807) is 0 Å². The standard InChI is InChI=1S/C46H39NS/c1-32-30-41-38(34-16-6-3-7-17-34)23-14-24-39(41)45(32)48(36-19-8-4-9-20-36,37-21-10-5-11-22-37)46-33(2)31-42-40(46)25-15-27-44(42)47-29-28-35-18-12-13-26-43(35)47/h3-27,30-31,45-46H,28-29H2,1-2H3. The zero-order valence-electron chi connectivity index (χ0n) is 27.5. The summed E-state index contributed by atoms with van der Waals surface area (Å²) in [5.74, 6) is 0. The van der Waals surface area contributed by atoms with Gasteiger partial charge in [0.1, 0.15) is 0 Å². The van der Waals surface area contributed by atoms with Crippen LogP contribution < -0.4 is 4.90 Å². The number of fused-ring (bicyclic) bond motifs is 3. The molecule has 2 aliphatic carbocycles. The third-order valence-electron chi connectivity index (χ3n) is 10.7. The van der Waals surface area contributed by atoms with Crippen LogP contribution in [0.3, 0.4) is 0 Å². The second-order valence-corrected chi connectivity index (χ2v) is 16.7. The predicted octanol–water partition coefficient (Wildman–Crippen LogP) is 12.6. The van der Waals surface area contributed by atoms with Gasteiger partial charge in [-0.2, -0.15) is 10.0 Å². The molecule has 0 aromatic heterocycles. The number of rotatable bonds is 6. The molecule has 0 saturated heterocycles. The van der Waals surface area contributed by atoms with Gasteiger partial charge in [-0.3, -0.25) is 0 Å². The summed E-state index contributed by atoms with van der Waals surface area (Å²) in [5, 5.41) is 0.436. The molecule has 0 spiro atoms. The van der Waals surface area contributed by atoms with Gasteiger partial charge in [-0.1, -0.05) is 139 Å². The fourth-order valence-electron chi connectivity index (χ4n) is 8.81. The summed E-state index contributed by atoms with van der Waals surface area (Å²) in [7, 11) is -1.79. The van der Waals surface area contributed by atoms with E-state index >= 15 is 0 Å². The first-order valence-electron chi connectivity index (χ1n) is 17.1. The fraction of sp³-hybridized carbons (Fsp3) is 0.130. The van der Waals surface area contributed by atoms with Crippen molar-refractivity contribution in [2.75, 3.05) is 11.4 Å². The van der Waals surface area contributed by atoms with Crippen LogP contribution in [0.4, 0.5) is 11.4 Å². The number of hydrogen-bond donors (Lipinski definition) is 0.